The fraction of sp³-hybridized carbons (Fsp3) is 0.143. The van der Waals surface area contributed by atoms with E-state index in [1.54, 1.807) is 0 Å². The first-order valence-electron chi connectivity index (χ1n) is 3.69. The minimum atomic E-state index is -4.07. The second-order valence-electron chi connectivity index (χ2n) is 2.69. The lowest BCUT2D eigenvalue weighted by molar-refractivity contribution is 0.0992. The number of primary amides is 1. The van der Waals surface area contributed by atoms with Crippen LogP contribution in [0.15, 0.2) is 21.6 Å². The summed E-state index contributed by atoms with van der Waals surface area (Å²) in [5.74, 6) is -0.769. The Kier molecular flexibility index (Phi) is 2.74. The highest BCUT2D eigenvalue weighted by Gasteiger charge is 2.18. The van der Waals surface area contributed by atoms with Crippen LogP contribution in [-0.4, -0.2) is 25.0 Å². The molecule has 0 saturated heterocycles. The largest absolute Gasteiger partial charge is 0.364 e. The van der Waals surface area contributed by atoms with Crippen LogP contribution in [0.1, 0.15) is 10.5 Å². The molecule has 1 aromatic rings. The van der Waals surface area contributed by atoms with Gasteiger partial charge < -0.3 is 10.3 Å². The first kappa shape index (κ1) is 11.2. The van der Waals surface area contributed by atoms with Crippen molar-refractivity contribution in [1.29, 1.82) is 0 Å². The quantitative estimate of drug-likeness (QED) is 0.537. The minimum absolute atomic E-state index is 0.00896. The smallest absolute Gasteiger partial charge is 0.294 e. The van der Waals surface area contributed by atoms with E-state index in [1.165, 1.54) is 11.6 Å². The molecule has 0 spiro atoms. The van der Waals surface area contributed by atoms with Crippen LogP contribution in [0.5, 0.6) is 0 Å². The third kappa shape index (κ3) is 2.12. The average Bonchev–Trinajstić information content (AvgIpc) is 2.47. The van der Waals surface area contributed by atoms with Crippen LogP contribution in [0, 0.1) is 0 Å². The van der Waals surface area contributed by atoms with E-state index in [0.29, 0.717) is 0 Å². The first-order chi connectivity index (χ1) is 6.88. The molecule has 1 amide bonds. The molecule has 7 nitrogen and oxygen atoms in total. The van der Waals surface area contributed by atoms with Crippen LogP contribution in [0.2, 0.25) is 0 Å². The Morgan fingerprint density at radius 3 is 2.60 bits per heavy atom. The predicted molar refractivity (Wildman–Crippen MR) is 49.2 cm³/mol. The molecule has 8 heteroatoms. The maximum Gasteiger partial charge on any atom is 0.294 e. The van der Waals surface area contributed by atoms with Gasteiger partial charge in [0.2, 0.25) is 0 Å². The van der Waals surface area contributed by atoms with Crippen molar-refractivity contribution in [1.82, 2.24) is 4.57 Å². The van der Waals surface area contributed by atoms with Gasteiger partial charge in [-0.25, -0.2) is 4.79 Å². The van der Waals surface area contributed by atoms with Gasteiger partial charge in [0, 0.05) is 13.2 Å². The SMILES string of the molecule is Cn1cc(S(=O)(=O)N=C=O)cc1C(N)=O. The van der Waals surface area contributed by atoms with Gasteiger partial charge in [0.15, 0.2) is 0 Å². The minimum Gasteiger partial charge on any atom is -0.364 e. The maximum absolute atomic E-state index is 11.2. The lowest BCUT2D eigenvalue weighted by Crippen LogP contribution is -2.14. The van der Waals surface area contributed by atoms with E-state index in [-0.39, 0.29) is 10.6 Å². The van der Waals surface area contributed by atoms with Crippen molar-refractivity contribution in [3.63, 3.8) is 0 Å². The summed E-state index contributed by atoms with van der Waals surface area (Å²) >= 11 is 0. The number of carbonyl (C=O) groups is 1. The van der Waals surface area contributed by atoms with Crippen LogP contribution in [-0.2, 0) is 21.9 Å². The van der Waals surface area contributed by atoms with E-state index < -0.39 is 15.9 Å². The lowest BCUT2D eigenvalue weighted by Gasteiger charge is -1.94. The van der Waals surface area contributed by atoms with Crippen LogP contribution in [0.3, 0.4) is 0 Å². The zero-order valence-corrected chi connectivity index (χ0v) is 8.48. The summed E-state index contributed by atoms with van der Waals surface area (Å²) in [6.07, 6.45) is 2.06. The highest BCUT2D eigenvalue weighted by molar-refractivity contribution is 7.90. The molecule has 0 aliphatic carbocycles. The standard InChI is InChI=1S/C7H7N3O4S/c1-10-3-5(2-6(10)7(8)12)15(13,14)9-4-11/h2-3H,1H3,(H2,8,12). The Balaban J connectivity index is 3.37. The van der Waals surface area contributed by atoms with Gasteiger partial charge in [-0.3, -0.25) is 4.79 Å². The van der Waals surface area contributed by atoms with Crippen LogP contribution < -0.4 is 5.73 Å². The fourth-order valence-electron chi connectivity index (χ4n) is 1.02. The molecule has 0 bridgehead atoms. The number of hydrogen-bond acceptors (Lipinski definition) is 4. The van der Waals surface area contributed by atoms with E-state index in [9.17, 15) is 18.0 Å². The first-order valence-corrected chi connectivity index (χ1v) is 5.13. The molecule has 0 radical (unpaired) electrons. The molecular weight excluding hydrogens is 222 g/mol. The van der Waals surface area contributed by atoms with Crippen molar-refractivity contribution in [3.05, 3.63) is 18.0 Å². The summed E-state index contributed by atoms with van der Waals surface area (Å²) < 4.78 is 26.3. The summed E-state index contributed by atoms with van der Waals surface area (Å²) in [7, 11) is -2.62. The van der Waals surface area contributed by atoms with E-state index in [2.05, 4.69) is 4.40 Å². The lowest BCUT2D eigenvalue weighted by atomic mass is 10.4. The van der Waals surface area contributed by atoms with Gasteiger partial charge in [-0.2, -0.15) is 8.42 Å². The number of carbonyl (C=O) groups excluding carboxylic acids is 2. The van der Waals surface area contributed by atoms with Gasteiger partial charge in [0.05, 0.1) is 0 Å². The van der Waals surface area contributed by atoms with Gasteiger partial charge in [-0.05, 0) is 6.07 Å². The number of nitrogens with zero attached hydrogens (tertiary/aromatic N) is 2. The molecule has 1 rings (SSSR count). The van der Waals surface area contributed by atoms with E-state index in [4.69, 9.17) is 5.73 Å². The molecule has 0 fully saturated rings. The number of amides is 1. The van der Waals surface area contributed by atoms with Crippen molar-refractivity contribution < 1.29 is 18.0 Å². The van der Waals surface area contributed by atoms with Crippen molar-refractivity contribution in [2.24, 2.45) is 17.2 Å². The Morgan fingerprint density at radius 2 is 2.20 bits per heavy atom. The summed E-state index contributed by atoms with van der Waals surface area (Å²) in [4.78, 5) is 20.4. The van der Waals surface area contributed by atoms with Crippen molar-refractivity contribution >= 4 is 22.0 Å². The Bertz CT molecular complexity index is 551. The zero-order valence-electron chi connectivity index (χ0n) is 7.67. The van der Waals surface area contributed by atoms with Crippen LogP contribution in [0.25, 0.3) is 0 Å². The summed E-state index contributed by atoms with van der Waals surface area (Å²) in [6.45, 7) is 0. The maximum atomic E-state index is 11.2. The Hall–Kier alpha value is -1.92. The summed E-state index contributed by atoms with van der Waals surface area (Å²) in [5.41, 5.74) is 4.99. The van der Waals surface area contributed by atoms with Crippen molar-refractivity contribution in [2.45, 2.75) is 4.90 Å². The van der Waals surface area contributed by atoms with E-state index in [1.807, 2.05) is 0 Å². The van der Waals surface area contributed by atoms with Gasteiger partial charge in [0.25, 0.3) is 22.0 Å². The number of hydrogen-bond donors (Lipinski definition) is 1. The number of aryl methyl sites for hydroxylation is 1. The molecule has 0 saturated carbocycles. The van der Waals surface area contributed by atoms with Gasteiger partial charge in [0.1, 0.15) is 10.6 Å². The van der Waals surface area contributed by atoms with E-state index in [0.717, 1.165) is 18.3 Å². The second-order valence-corrected chi connectivity index (χ2v) is 4.30. The van der Waals surface area contributed by atoms with Crippen LogP contribution in [0.4, 0.5) is 0 Å². The highest BCUT2D eigenvalue weighted by atomic mass is 32.2. The predicted octanol–water partition coefficient (Wildman–Crippen LogP) is -0.851. The molecule has 1 aromatic heterocycles. The highest BCUT2D eigenvalue weighted by Crippen LogP contribution is 2.14. The number of sulfonamides is 1. The summed E-state index contributed by atoms with van der Waals surface area (Å²) in [5, 5.41) is 0. The molecule has 0 atom stereocenters. The fourth-order valence-corrected chi connectivity index (χ4v) is 1.78. The molecule has 80 valence electrons. The van der Waals surface area contributed by atoms with Crippen LogP contribution >= 0.6 is 0 Å². The van der Waals surface area contributed by atoms with Gasteiger partial charge in [-0.15, -0.1) is 0 Å². The van der Waals surface area contributed by atoms with E-state index >= 15 is 0 Å². The third-order valence-corrected chi connectivity index (χ3v) is 2.82. The van der Waals surface area contributed by atoms with Crippen molar-refractivity contribution in [2.75, 3.05) is 0 Å². The number of isocyanates is 1. The number of rotatable bonds is 3. The number of aromatic nitrogens is 1. The Morgan fingerprint density at radius 1 is 1.60 bits per heavy atom. The molecule has 0 unspecified atom stereocenters. The molecule has 2 N–H and O–H groups in total. The average molecular weight is 229 g/mol. The monoisotopic (exact) mass is 229 g/mol. The summed E-state index contributed by atoms with van der Waals surface area (Å²) in [6, 6.07) is 1.04. The Labute approximate surface area is 85.3 Å². The van der Waals surface area contributed by atoms with Crippen molar-refractivity contribution in [3.8, 4) is 0 Å². The molecule has 0 aromatic carbocycles. The zero-order chi connectivity index (χ0) is 11.6. The molecule has 15 heavy (non-hydrogen) atoms. The molecule has 1 heterocycles. The molecule has 0 aliphatic heterocycles. The molecular formula is C7H7N3O4S. The van der Waals surface area contributed by atoms with Gasteiger partial charge in [-0.1, -0.05) is 4.40 Å². The number of nitrogens with two attached hydrogens (primary N) is 1. The third-order valence-electron chi connectivity index (χ3n) is 1.69. The normalized spacial score (nSPS) is 10.7. The topological polar surface area (TPSA) is 112 Å². The van der Waals surface area contributed by atoms with Gasteiger partial charge >= 0.3 is 0 Å². The second kappa shape index (κ2) is 3.68. The molecule has 0 aliphatic rings.